The lowest BCUT2D eigenvalue weighted by Crippen LogP contribution is -2.33. The minimum atomic E-state index is -0.587. The predicted molar refractivity (Wildman–Crippen MR) is 72.3 cm³/mol. The van der Waals surface area contributed by atoms with E-state index in [-0.39, 0.29) is 18.5 Å². The number of carbonyl (C=O) groups excluding carboxylic acids is 2. The molecule has 0 aliphatic rings. The van der Waals surface area contributed by atoms with Gasteiger partial charge in [-0.25, -0.2) is 4.39 Å². The highest BCUT2D eigenvalue weighted by Crippen LogP contribution is 2.17. The highest BCUT2D eigenvalue weighted by Gasteiger charge is 2.19. The second-order valence-electron chi connectivity index (χ2n) is 3.84. The maximum Gasteiger partial charge on any atom is 0.307 e. The molecule has 0 atom stereocenters. The zero-order valence-electron chi connectivity index (χ0n) is 10.8. The molecule has 6 heteroatoms. The minimum Gasteiger partial charge on any atom is -0.469 e. The van der Waals surface area contributed by atoms with Crippen LogP contribution in [0.3, 0.4) is 0 Å². The molecule has 1 aromatic rings. The van der Waals surface area contributed by atoms with Crippen molar-refractivity contribution in [3.8, 4) is 0 Å². The average Bonchev–Trinajstić information content (AvgIpc) is 2.38. The van der Waals surface area contributed by atoms with Gasteiger partial charge in [-0.1, -0.05) is 15.9 Å². The van der Waals surface area contributed by atoms with Gasteiger partial charge in [0.25, 0.3) is 5.91 Å². The van der Waals surface area contributed by atoms with Crippen LogP contribution in [0.2, 0.25) is 0 Å². The van der Waals surface area contributed by atoms with E-state index in [1.807, 2.05) is 0 Å². The Labute approximate surface area is 119 Å². The number of benzene rings is 1. The number of amides is 1. The van der Waals surface area contributed by atoms with Gasteiger partial charge in [-0.2, -0.15) is 0 Å². The number of hydrogen-bond donors (Lipinski definition) is 0. The van der Waals surface area contributed by atoms with E-state index in [0.717, 1.165) is 0 Å². The maximum absolute atomic E-state index is 13.7. The Bertz CT molecular complexity index is 479. The first-order valence-electron chi connectivity index (χ1n) is 5.80. The Kier molecular flexibility index (Phi) is 5.95. The molecule has 0 saturated carbocycles. The molecule has 0 aromatic heterocycles. The molecule has 19 heavy (non-hydrogen) atoms. The number of esters is 1. The molecule has 0 heterocycles. The topological polar surface area (TPSA) is 46.6 Å². The van der Waals surface area contributed by atoms with Crippen molar-refractivity contribution in [2.75, 3.05) is 20.2 Å². The van der Waals surface area contributed by atoms with Crippen LogP contribution in [0.5, 0.6) is 0 Å². The van der Waals surface area contributed by atoms with Gasteiger partial charge < -0.3 is 9.64 Å². The summed E-state index contributed by atoms with van der Waals surface area (Å²) >= 11 is 3.13. The van der Waals surface area contributed by atoms with Crippen LogP contribution in [0.1, 0.15) is 23.7 Å². The van der Waals surface area contributed by atoms with Crippen LogP contribution >= 0.6 is 15.9 Å². The first-order valence-corrected chi connectivity index (χ1v) is 6.60. The molecule has 0 N–H and O–H groups in total. The molecule has 0 unspecified atom stereocenters. The van der Waals surface area contributed by atoms with E-state index in [0.29, 0.717) is 11.0 Å². The van der Waals surface area contributed by atoms with Gasteiger partial charge in [0.05, 0.1) is 19.1 Å². The number of methoxy groups -OCH3 is 1. The van der Waals surface area contributed by atoms with Crippen molar-refractivity contribution in [3.05, 3.63) is 34.1 Å². The summed E-state index contributed by atoms with van der Waals surface area (Å²) in [4.78, 5) is 24.6. The summed E-state index contributed by atoms with van der Waals surface area (Å²) in [6.07, 6.45) is 0.0915. The summed E-state index contributed by atoms with van der Waals surface area (Å²) in [6.45, 7) is 2.37. The van der Waals surface area contributed by atoms with Crippen LogP contribution in [0.25, 0.3) is 0 Å². The zero-order valence-corrected chi connectivity index (χ0v) is 12.4. The fourth-order valence-electron chi connectivity index (χ4n) is 1.56. The molecular formula is C13H15BrFNO3. The molecule has 0 radical (unpaired) electrons. The van der Waals surface area contributed by atoms with Gasteiger partial charge in [0.15, 0.2) is 0 Å². The van der Waals surface area contributed by atoms with Gasteiger partial charge in [0.2, 0.25) is 0 Å². The quantitative estimate of drug-likeness (QED) is 0.779. The molecule has 0 saturated heterocycles. The molecular weight excluding hydrogens is 317 g/mol. The molecule has 0 bridgehead atoms. The highest BCUT2D eigenvalue weighted by molar-refractivity contribution is 9.10. The van der Waals surface area contributed by atoms with Crippen LogP contribution < -0.4 is 0 Å². The first kappa shape index (κ1) is 15.6. The third kappa shape index (κ3) is 4.31. The van der Waals surface area contributed by atoms with Crippen molar-refractivity contribution in [1.82, 2.24) is 4.90 Å². The number of halogens is 2. The Hall–Kier alpha value is -1.43. The number of ether oxygens (including phenoxy) is 1. The van der Waals surface area contributed by atoms with E-state index in [1.165, 1.54) is 24.1 Å². The molecule has 0 aliphatic carbocycles. The summed E-state index contributed by atoms with van der Waals surface area (Å²) in [6, 6.07) is 4.26. The molecule has 104 valence electrons. The van der Waals surface area contributed by atoms with Gasteiger partial charge in [0, 0.05) is 17.6 Å². The number of rotatable bonds is 5. The summed E-state index contributed by atoms with van der Waals surface area (Å²) in [5.41, 5.74) is -0.00471. The van der Waals surface area contributed by atoms with E-state index in [2.05, 4.69) is 20.7 Å². The third-order valence-electron chi connectivity index (χ3n) is 2.64. The lowest BCUT2D eigenvalue weighted by Gasteiger charge is -2.20. The SMILES string of the molecule is CCN(CCC(=O)OC)C(=O)c1ccc(Br)cc1F. The molecule has 0 aliphatic heterocycles. The smallest absolute Gasteiger partial charge is 0.307 e. The Balaban J connectivity index is 2.80. The fraction of sp³-hybridized carbons (Fsp3) is 0.385. The summed E-state index contributed by atoms with van der Waals surface area (Å²) in [5, 5.41) is 0. The van der Waals surface area contributed by atoms with Crippen LogP contribution in [0.4, 0.5) is 4.39 Å². The van der Waals surface area contributed by atoms with E-state index in [4.69, 9.17) is 0 Å². The summed E-state index contributed by atoms with van der Waals surface area (Å²) < 4.78 is 18.8. The van der Waals surface area contributed by atoms with Crippen molar-refractivity contribution in [2.24, 2.45) is 0 Å². The lowest BCUT2D eigenvalue weighted by atomic mass is 10.2. The van der Waals surface area contributed by atoms with Crippen LogP contribution in [0.15, 0.2) is 22.7 Å². The summed E-state index contributed by atoms with van der Waals surface area (Å²) in [5.74, 6) is -1.42. The van der Waals surface area contributed by atoms with Crippen molar-refractivity contribution in [1.29, 1.82) is 0 Å². The Morgan fingerprint density at radius 1 is 1.42 bits per heavy atom. The van der Waals surface area contributed by atoms with Crippen molar-refractivity contribution in [3.63, 3.8) is 0 Å². The average molecular weight is 332 g/mol. The number of nitrogens with zero attached hydrogens (tertiary/aromatic N) is 1. The van der Waals surface area contributed by atoms with Crippen LogP contribution in [-0.4, -0.2) is 37.0 Å². The van der Waals surface area contributed by atoms with Gasteiger partial charge in [-0.15, -0.1) is 0 Å². The third-order valence-corrected chi connectivity index (χ3v) is 3.14. The predicted octanol–water partition coefficient (Wildman–Crippen LogP) is 2.61. The maximum atomic E-state index is 13.7. The van der Waals surface area contributed by atoms with Crippen molar-refractivity contribution in [2.45, 2.75) is 13.3 Å². The summed E-state index contributed by atoms with van der Waals surface area (Å²) in [7, 11) is 1.29. The standard InChI is InChI=1S/C13H15BrFNO3/c1-3-16(7-6-12(17)19-2)13(18)10-5-4-9(14)8-11(10)15/h4-5,8H,3,6-7H2,1-2H3. The second-order valence-corrected chi connectivity index (χ2v) is 4.75. The Morgan fingerprint density at radius 3 is 2.63 bits per heavy atom. The van der Waals surface area contributed by atoms with E-state index < -0.39 is 17.7 Å². The van der Waals surface area contributed by atoms with Crippen LogP contribution in [-0.2, 0) is 9.53 Å². The van der Waals surface area contributed by atoms with E-state index in [1.54, 1.807) is 13.0 Å². The number of hydrogen-bond acceptors (Lipinski definition) is 3. The van der Waals surface area contributed by atoms with Crippen molar-refractivity contribution < 1.29 is 18.7 Å². The first-order chi connectivity index (χ1) is 8.99. The van der Waals surface area contributed by atoms with E-state index >= 15 is 0 Å². The lowest BCUT2D eigenvalue weighted by molar-refractivity contribution is -0.140. The molecule has 1 amide bonds. The van der Waals surface area contributed by atoms with Crippen molar-refractivity contribution >= 4 is 27.8 Å². The van der Waals surface area contributed by atoms with Crippen LogP contribution in [0, 0.1) is 5.82 Å². The monoisotopic (exact) mass is 331 g/mol. The van der Waals surface area contributed by atoms with Gasteiger partial charge in [-0.3, -0.25) is 9.59 Å². The van der Waals surface area contributed by atoms with Gasteiger partial charge in [0.1, 0.15) is 5.82 Å². The molecule has 1 aromatic carbocycles. The highest BCUT2D eigenvalue weighted by atomic mass is 79.9. The van der Waals surface area contributed by atoms with Gasteiger partial charge in [-0.05, 0) is 25.1 Å². The molecule has 4 nitrogen and oxygen atoms in total. The minimum absolute atomic E-state index is 0.00471. The molecule has 1 rings (SSSR count). The number of carbonyl (C=O) groups is 2. The Morgan fingerprint density at radius 2 is 2.11 bits per heavy atom. The fourth-order valence-corrected chi connectivity index (χ4v) is 1.90. The molecule has 0 fully saturated rings. The van der Waals surface area contributed by atoms with Gasteiger partial charge >= 0.3 is 5.97 Å². The zero-order chi connectivity index (χ0) is 14.4. The largest absolute Gasteiger partial charge is 0.469 e. The second kappa shape index (κ2) is 7.23. The normalized spacial score (nSPS) is 10.1. The van der Waals surface area contributed by atoms with E-state index in [9.17, 15) is 14.0 Å². The molecule has 0 spiro atoms.